The van der Waals surface area contributed by atoms with Crippen LogP contribution in [-0.4, -0.2) is 93.7 Å². The summed E-state index contributed by atoms with van der Waals surface area (Å²) in [6.07, 6.45) is -0.0656. The van der Waals surface area contributed by atoms with Crippen LogP contribution in [0.5, 0.6) is 0 Å². The maximum Gasteiger partial charge on any atom is 0.416 e. The van der Waals surface area contributed by atoms with Crippen LogP contribution in [-0.2, 0) is 25.2 Å². The van der Waals surface area contributed by atoms with Crippen LogP contribution in [0.25, 0.3) is 0 Å². The van der Waals surface area contributed by atoms with Gasteiger partial charge in [0.2, 0.25) is 5.91 Å². The third-order valence-electron chi connectivity index (χ3n) is 7.66. The lowest BCUT2D eigenvalue weighted by molar-refractivity contribution is -0.146. The Morgan fingerprint density at radius 3 is 2.75 bits per heavy atom. The van der Waals surface area contributed by atoms with Crippen LogP contribution in [0.3, 0.4) is 0 Å². The minimum atomic E-state index is -4.41. The van der Waals surface area contributed by atoms with Gasteiger partial charge in [-0.15, -0.1) is 0 Å². The Kier molecular flexibility index (Phi) is 8.75. The van der Waals surface area contributed by atoms with Gasteiger partial charge in [-0.25, -0.2) is 4.98 Å². The van der Waals surface area contributed by atoms with Crippen LogP contribution in [0.1, 0.15) is 38.2 Å². The van der Waals surface area contributed by atoms with E-state index in [-0.39, 0.29) is 29.9 Å². The number of aromatic nitrogens is 1. The number of pyridine rings is 1. The SMILES string of the molecule is CCOC[C@]1(C(=O)N2CCN(c3cc(C(F)(F)F)ccn3)CC2)CC[C@@H](NC2CCOCC2OC)C1. The van der Waals surface area contributed by atoms with Crippen molar-refractivity contribution in [3.63, 3.8) is 0 Å². The number of anilines is 1. The average Bonchev–Trinajstić information content (AvgIpc) is 3.31. The molecule has 0 radical (unpaired) electrons. The first-order chi connectivity index (χ1) is 17.3. The topological polar surface area (TPSA) is 76.2 Å². The second-order valence-electron chi connectivity index (χ2n) is 9.95. The van der Waals surface area contributed by atoms with Gasteiger partial charge in [0.05, 0.1) is 30.3 Å². The van der Waals surface area contributed by atoms with Crippen LogP contribution in [0.2, 0.25) is 0 Å². The molecule has 1 saturated carbocycles. The molecule has 2 aliphatic heterocycles. The number of amides is 1. The number of methoxy groups -OCH3 is 1. The molecule has 2 saturated heterocycles. The van der Waals surface area contributed by atoms with Gasteiger partial charge in [0, 0.05) is 64.8 Å². The minimum Gasteiger partial charge on any atom is -0.381 e. The van der Waals surface area contributed by atoms with Crippen molar-refractivity contribution in [1.29, 1.82) is 0 Å². The fourth-order valence-electron chi connectivity index (χ4n) is 5.63. The summed E-state index contributed by atoms with van der Waals surface area (Å²) < 4.78 is 56.3. The van der Waals surface area contributed by atoms with Gasteiger partial charge in [-0.05, 0) is 44.7 Å². The highest BCUT2D eigenvalue weighted by molar-refractivity contribution is 5.83. The highest BCUT2D eigenvalue weighted by Crippen LogP contribution is 2.41. The molecule has 36 heavy (non-hydrogen) atoms. The second kappa shape index (κ2) is 11.6. The van der Waals surface area contributed by atoms with E-state index in [1.807, 2.05) is 16.7 Å². The Bertz CT molecular complexity index is 881. The Labute approximate surface area is 210 Å². The van der Waals surface area contributed by atoms with Gasteiger partial charge in [0.15, 0.2) is 0 Å². The average molecular weight is 515 g/mol. The number of halogens is 3. The number of nitrogens with one attached hydrogen (secondary N) is 1. The van der Waals surface area contributed by atoms with Crippen molar-refractivity contribution < 1.29 is 32.2 Å². The monoisotopic (exact) mass is 514 g/mol. The number of hydrogen-bond donors (Lipinski definition) is 1. The molecule has 1 aromatic rings. The summed E-state index contributed by atoms with van der Waals surface area (Å²) in [4.78, 5) is 21.6. The van der Waals surface area contributed by atoms with Gasteiger partial charge in [-0.1, -0.05) is 0 Å². The quantitative estimate of drug-likeness (QED) is 0.572. The van der Waals surface area contributed by atoms with E-state index < -0.39 is 17.2 Å². The zero-order chi connectivity index (χ0) is 25.8. The number of rotatable bonds is 8. The first-order valence-electron chi connectivity index (χ1n) is 12.8. The summed E-state index contributed by atoms with van der Waals surface area (Å²) in [5.74, 6) is 0.363. The highest BCUT2D eigenvalue weighted by atomic mass is 19.4. The number of carbonyl (C=O) groups is 1. The van der Waals surface area contributed by atoms with E-state index in [1.165, 1.54) is 6.20 Å². The Morgan fingerprint density at radius 1 is 1.28 bits per heavy atom. The van der Waals surface area contributed by atoms with E-state index in [9.17, 15) is 18.0 Å². The summed E-state index contributed by atoms with van der Waals surface area (Å²) in [5.41, 5.74) is -1.32. The number of ether oxygens (including phenoxy) is 3. The van der Waals surface area contributed by atoms with Crippen molar-refractivity contribution in [2.24, 2.45) is 5.41 Å². The zero-order valence-corrected chi connectivity index (χ0v) is 21.1. The molecule has 202 valence electrons. The van der Waals surface area contributed by atoms with Crippen molar-refractivity contribution >= 4 is 11.7 Å². The summed E-state index contributed by atoms with van der Waals surface area (Å²) in [5, 5.41) is 3.71. The van der Waals surface area contributed by atoms with Crippen LogP contribution < -0.4 is 10.2 Å². The summed E-state index contributed by atoms with van der Waals surface area (Å²) in [6.45, 7) is 5.84. The number of piperazine rings is 1. The number of alkyl halides is 3. The lowest BCUT2D eigenvalue weighted by Crippen LogP contribution is -2.55. The number of nitrogens with zero attached hydrogens (tertiary/aromatic N) is 3. The van der Waals surface area contributed by atoms with Gasteiger partial charge >= 0.3 is 6.18 Å². The Hall–Kier alpha value is -1.95. The van der Waals surface area contributed by atoms with Gasteiger partial charge in [-0.3, -0.25) is 4.79 Å². The van der Waals surface area contributed by atoms with Crippen LogP contribution >= 0.6 is 0 Å². The highest BCUT2D eigenvalue weighted by Gasteiger charge is 2.48. The van der Waals surface area contributed by atoms with Gasteiger partial charge in [0.25, 0.3) is 0 Å². The maximum atomic E-state index is 13.8. The van der Waals surface area contributed by atoms with E-state index in [1.54, 1.807) is 7.11 Å². The second-order valence-corrected chi connectivity index (χ2v) is 9.95. The van der Waals surface area contributed by atoms with E-state index in [4.69, 9.17) is 14.2 Å². The summed E-state index contributed by atoms with van der Waals surface area (Å²) in [6, 6.07) is 2.42. The molecule has 8 nitrogen and oxygen atoms in total. The summed E-state index contributed by atoms with van der Waals surface area (Å²) in [7, 11) is 1.69. The molecule has 1 aliphatic carbocycles. The third-order valence-corrected chi connectivity index (χ3v) is 7.66. The van der Waals surface area contributed by atoms with Gasteiger partial charge < -0.3 is 29.3 Å². The zero-order valence-electron chi connectivity index (χ0n) is 21.1. The molecule has 1 amide bonds. The molecule has 1 aromatic heterocycles. The normalized spacial score (nSPS) is 29.5. The van der Waals surface area contributed by atoms with Gasteiger partial charge in [-0.2, -0.15) is 13.2 Å². The van der Waals surface area contributed by atoms with Gasteiger partial charge in [0.1, 0.15) is 5.82 Å². The maximum absolute atomic E-state index is 13.8. The predicted octanol–water partition coefficient (Wildman–Crippen LogP) is 2.72. The third kappa shape index (κ3) is 6.12. The fraction of sp³-hybridized carbons (Fsp3) is 0.760. The number of carbonyl (C=O) groups excluding carboxylic acids is 1. The molecule has 11 heteroatoms. The lowest BCUT2D eigenvalue weighted by atomic mass is 9.84. The lowest BCUT2D eigenvalue weighted by Gasteiger charge is -2.40. The fourth-order valence-corrected chi connectivity index (χ4v) is 5.63. The standard InChI is InChI=1S/C25H37F3N4O4/c1-3-35-17-24(7-4-19(15-24)30-20-6-13-36-16-21(20)34-2)23(33)32-11-9-31(10-12-32)22-14-18(5-8-29-22)25(26,27)28/h5,8,14,19-21,30H,3-4,6-7,9-13,15-17H2,1-2H3/t19-,20?,21?,24+/m1/s1. The summed E-state index contributed by atoms with van der Waals surface area (Å²) >= 11 is 0. The molecule has 2 unspecified atom stereocenters. The van der Waals surface area contributed by atoms with Crippen LogP contribution in [0.15, 0.2) is 18.3 Å². The molecule has 3 fully saturated rings. The smallest absolute Gasteiger partial charge is 0.381 e. The Morgan fingerprint density at radius 2 is 2.06 bits per heavy atom. The molecular weight excluding hydrogens is 477 g/mol. The van der Waals surface area contributed by atoms with Crippen molar-refractivity contribution in [2.45, 2.75) is 57.0 Å². The molecular formula is C25H37F3N4O4. The van der Waals surface area contributed by atoms with E-state index in [0.717, 1.165) is 31.4 Å². The van der Waals surface area contributed by atoms with Crippen molar-refractivity contribution in [2.75, 3.05) is 64.6 Å². The Balaban J connectivity index is 1.38. The molecule has 4 rings (SSSR count). The molecule has 4 atom stereocenters. The van der Waals surface area contributed by atoms with Crippen molar-refractivity contribution in [3.05, 3.63) is 23.9 Å². The predicted molar refractivity (Wildman–Crippen MR) is 128 cm³/mol. The molecule has 3 aliphatic rings. The van der Waals surface area contributed by atoms with E-state index in [0.29, 0.717) is 59.0 Å². The molecule has 0 bridgehead atoms. The van der Waals surface area contributed by atoms with Crippen LogP contribution in [0.4, 0.5) is 19.0 Å². The first-order valence-corrected chi connectivity index (χ1v) is 12.8. The first kappa shape index (κ1) is 27.1. The van der Waals surface area contributed by atoms with Crippen LogP contribution in [0, 0.1) is 5.41 Å². The van der Waals surface area contributed by atoms with Crippen molar-refractivity contribution in [1.82, 2.24) is 15.2 Å². The van der Waals surface area contributed by atoms with Crippen molar-refractivity contribution in [3.8, 4) is 0 Å². The minimum absolute atomic E-state index is 0.00567. The largest absolute Gasteiger partial charge is 0.416 e. The van der Waals surface area contributed by atoms with E-state index >= 15 is 0 Å². The molecule has 0 spiro atoms. The number of hydrogen-bond acceptors (Lipinski definition) is 7. The molecule has 3 heterocycles. The van der Waals surface area contributed by atoms with E-state index in [2.05, 4.69) is 10.3 Å². The molecule has 1 N–H and O–H groups in total. The molecule has 0 aromatic carbocycles.